The van der Waals surface area contributed by atoms with Gasteiger partial charge in [-0.05, 0) is 28.5 Å². The normalized spacial score (nSPS) is 13.3. The van der Waals surface area contributed by atoms with Crippen molar-refractivity contribution in [2.24, 2.45) is 11.7 Å². The zero-order valence-electron chi connectivity index (χ0n) is 13.0. The molecule has 0 saturated carbocycles. The average Bonchev–Trinajstić information content (AvgIpc) is 2.40. The highest BCUT2D eigenvalue weighted by atomic mass is 32.1. The maximum absolute atomic E-state index is 12.5. The van der Waals surface area contributed by atoms with E-state index in [1.54, 1.807) is 4.57 Å². The molecule has 2 rings (SSSR count). The summed E-state index contributed by atoms with van der Waals surface area (Å²) in [5.41, 5.74) is 6.94. The second-order valence-corrected chi connectivity index (χ2v) is 7.10. The van der Waals surface area contributed by atoms with Crippen molar-refractivity contribution >= 4 is 28.0 Å². The summed E-state index contributed by atoms with van der Waals surface area (Å²) >= 11 is 4.98. The lowest BCUT2D eigenvalue weighted by Crippen LogP contribution is -2.28. The zero-order valence-corrected chi connectivity index (χ0v) is 13.8. The smallest absolute Gasteiger partial charge is 0.258 e. The van der Waals surface area contributed by atoms with Crippen LogP contribution < -0.4 is 11.3 Å². The molecule has 0 spiro atoms. The van der Waals surface area contributed by atoms with Gasteiger partial charge in [-0.2, -0.15) is 0 Å². The molecule has 1 aromatic carbocycles. The van der Waals surface area contributed by atoms with Crippen LogP contribution >= 0.6 is 12.2 Å². The first-order valence-electron chi connectivity index (χ1n) is 7.13. The summed E-state index contributed by atoms with van der Waals surface area (Å²) in [6.07, 6.45) is 1.83. The van der Waals surface area contributed by atoms with Crippen LogP contribution in [0.5, 0.6) is 0 Å². The van der Waals surface area contributed by atoms with Gasteiger partial charge in [0.25, 0.3) is 5.56 Å². The molecule has 0 aliphatic heterocycles. The van der Waals surface area contributed by atoms with Crippen LogP contribution in [0.15, 0.2) is 35.3 Å². The van der Waals surface area contributed by atoms with Gasteiger partial charge in [0.1, 0.15) is 0 Å². The predicted octanol–water partition coefficient (Wildman–Crippen LogP) is 3.22. The van der Waals surface area contributed by atoms with E-state index < -0.39 is 0 Å². The first-order valence-corrected chi connectivity index (χ1v) is 7.54. The highest BCUT2D eigenvalue weighted by Crippen LogP contribution is 2.24. The fraction of sp³-hybridized carbons (Fsp3) is 0.412. The van der Waals surface area contributed by atoms with Gasteiger partial charge >= 0.3 is 0 Å². The third-order valence-corrected chi connectivity index (χ3v) is 4.20. The quantitative estimate of drug-likeness (QED) is 0.886. The molecule has 0 bridgehead atoms. The molecule has 0 aliphatic rings. The number of rotatable bonds is 3. The number of aromatic nitrogens is 1. The summed E-state index contributed by atoms with van der Waals surface area (Å²) in [6.45, 7) is 8.95. The molecule has 2 aromatic rings. The molecule has 0 amide bonds. The van der Waals surface area contributed by atoms with E-state index in [2.05, 4.69) is 26.8 Å². The molecule has 21 heavy (non-hydrogen) atoms. The molecular formula is C17H22N2OS. The molecule has 1 heterocycles. The summed E-state index contributed by atoms with van der Waals surface area (Å²) in [6, 6.07) is 8.03. The van der Waals surface area contributed by atoms with E-state index in [1.807, 2.05) is 31.3 Å². The van der Waals surface area contributed by atoms with Crippen LogP contribution in [0, 0.1) is 5.92 Å². The van der Waals surface area contributed by atoms with E-state index >= 15 is 0 Å². The molecule has 4 heteroatoms. The average molecular weight is 302 g/mol. The van der Waals surface area contributed by atoms with Crippen LogP contribution in [-0.4, -0.2) is 9.56 Å². The van der Waals surface area contributed by atoms with Crippen molar-refractivity contribution in [3.8, 4) is 0 Å². The summed E-state index contributed by atoms with van der Waals surface area (Å²) in [7, 11) is 0. The molecule has 112 valence electrons. The largest absolute Gasteiger partial charge is 0.393 e. The molecule has 0 radical (unpaired) electrons. The SMILES string of the molecule is CC(Cn1ccc2cc(C(C)(C)C)ccc2c1=O)C(N)=S. The van der Waals surface area contributed by atoms with Gasteiger partial charge in [0.15, 0.2) is 0 Å². The fourth-order valence-electron chi connectivity index (χ4n) is 2.28. The Morgan fingerprint density at radius 2 is 2.00 bits per heavy atom. The number of hydrogen-bond donors (Lipinski definition) is 1. The van der Waals surface area contributed by atoms with Crippen molar-refractivity contribution in [3.05, 3.63) is 46.4 Å². The topological polar surface area (TPSA) is 48.0 Å². The highest BCUT2D eigenvalue weighted by Gasteiger charge is 2.15. The molecule has 2 N–H and O–H groups in total. The minimum atomic E-state index is 0.00370. The van der Waals surface area contributed by atoms with Crippen LogP contribution in [0.4, 0.5) is 0 Å². The first kappa shape index (κ1) is 15.7. The Bertz CT molecular complexity index is 741. The van der Waals surface area contributed by atoms with Crippen molar-refractivity contribution in [1.29, 1.82) is 0 Å². The van der Waals surface area contributed by atoms with Crippen molar-refractivity contribution in [1.82, 2.24) is 4.57 Å². The van der Waals surface area contributed by atoms with Gasteiger partial charge in [-0.25, -0.2) is 0 Å². The van der Waals surface area contributed by atoms with Crippen LogP contribution in [-0.2, 0) is 12.0 Å². The Morgan fingerprint density at radius 3 is 2.57 bits per heavy atom. The minimum absolute atomic E-state index is 0.00370. The lowest BCUT2D eigenvalue weighted by atomic mass is 9.86. The van der Waals surface area contributed by atoms with Crippen LogP contribution in [0.3, 0.4) is 0 Å². The van der Waals surface area contributed by atoms with Gasteiger partial charge in [-0.1, -0.05) is 52.0 Å². The molecular weight excluding hydrogens is 280 g/mol. The number of fused-ring (bicyclic) bond motifs is 1. The number of nitrogens with two attached hydrogens (primary N) is 1. The van der Waals surface area contributed by atoms with Crippen LogP contribution in [0.25, 0.3) is 10.8 Å². The predicted molar refractivity (Wildman–Crippen MR) is 92.9 cm³/mol. The van der Waals surface area contributed by atoms with Crippen molar-refractivity contribution < 1.29 is 0 Å². The molecule has 1 unspecified atom stereocenters. The van der Waals surface area contributed by atoms with E-state index in [1.165, 1.54) is 5.56 Å². The monoisotopic (exact) mass is 302 g/mol. The molecule has 3 nitrogen and oxygen atoms in total. The third-order valence-electron chi connectivity index (χ3n) is 3.80. The van der Waals surface area contributed by atoms with Gasteiger partial charge in [0.2, 0.25) is 0 Å². The summed E-state index contributed by atoms with van der Waals surface area (Å²) < 4.78 is 1.68. The maximum atomic E-state index is 12.5. The number of pyridine rings is 1. The highest BCUT2D eigenvalue weighted by molar-refractivity contribution is 7.80. The van der Waals surface area contributed by atoms with Gasteiger partial charge in [-0.15, -0.1) is 0 Å². The van der Waals surface area contributed by atoms with E-state index in [0.717, 1.165) is 10.8 Å². The molecule has 0 saturated heterocycles. The van der Waals surface area contributed by atoms with Crippen LogP contribution in [0.2, 0.25) is 0 Å². The number of hydrogen-bond acceptors (Lipinski definition) is 2. The zero-order chi connectivity index (χ0) is 15.8. The number of benzene rings is 1. The van der Waals surface area contributed by atoms with Crippen LogP contribution in [0.1, 0.15) is 33.3 Å². The van der Waals surface area contributed by atoms with Crippen molar-refractivity contribution in [3.63, 3.8) is 0 Å². The summed E-state index contributed by atoms with van der Waals surface area (Å²) in [4.78, 5) is 13.0. The molecule has 0 aliphatic carbocycles. The van der Waals surface area contributed by atoms with E-state index in [9.17, 15) is 4.79 Å². The molecule has 1 atom stereocenters. The fourth-order valence-corrected chi connectivity index (χ4v) is 2.36. The summed E-state index contributed by atoms with van der Waals surface area (Å²) in [5, 5.41) is 1.72. The van der Waals surface area contributed by atoms with E-state index in [-0.39, 0.29) is 16.9 Å². The van der Waals surface area contributed by atoms with Crippen molar-refractivity contribution in [2.45, 2.75) is 39.7 Å². The lowest BCUT2D eigenvalue weighted by molar-refractivity contribution is 0.584. The minimum Gasteiger partial charge on any atom is -0.393 e. The molecule has 0 fully saturated rings. The Morgan fingerprint density at radius 1 is 1.33 bits per heavy atom. The Kier molecular flexibility index (Phi) is 4.19. The number of thiocarbonyl (C=S) groups is 1. The Hall–Kier alpha value is -1.68. The lowest BCUT2D eigenvalue weighted by Gasteiger charge is -2.19. The number of nitrogens with zero attached hydrogens (tertiary/aromatic N) is 1. The second kappa shape index (κ2) is 5.60. The summed E-state index contributed by atoms with van der Waals surface area (Å²) in [5.74, 6) is 0.00370. The third kappa shape index (κ3) is 3.32. The molecule has 1 aromatic heterocycles. The van der Waals surface area contributed by atoms with Gasteiger partial charge in [0, 0.05) is 24.0 Å². The first-order chi connectivity index (χ1) is 9.70. The van der Waals surface area contributed by atoms with E-state index in [0.29, 0.717) is 11.5 Å². The Labute approximate surface area is 130 Å². The van der Waals surface area contributed by atoms with Gasteiger partial charge in [0.05, 0.1) is 4.99 Å². The standard InChI is InChI=1S/C17H22N2OS/c1-11(15(18)21)10-19-8-7-12-9-13(17(2,3)4)5-6-14(12)16(19)20/h5-9,11H,10H2,1-4H3,(H2,18,21). The van der Waals surface area contributed by atoms with Crippen molar-refractivity contribution in [2.75, 3.05) is 0 Å². The Balaban J connectivity index is 2.49. The maximum Gasteiger partial charge on any atom is 0.258 e. The van der Waals surface area contributed by atoms with E-state index in [4.69, 9.17) is 18.0 Å². The second-order valence-electron chi connectivity index (χ2n) is 6.63. The van der Waals surface area contributed by atoms with Gasteiger partial charge in [-0.3, -0.25) is 4.79 Å². The van der Waals surface area contributed by atoms with Gasteiger partial charge < -0.3 is 10.3 Å².